The second-order valence-electron chi connectivity index (χ2n) is 4.84. The Kier molecular flexibility index (Phi) is 3.29. The quantitative estimate of drug-likeness (QED) is 0.917. The van der Waals surface area contributed by atoms with E-state index in [1.165, 1.54) is 6.07 Å². The lowest BCUT2D eigenvalue weighted by molar-refractivity contribution is 0.369. The summed E-state index contributed by atoms with van der Waals surface area (Å²) < 4.78 is 18.6. The predicted molar refractivity (Wildman–Crippen MR) is 68.2 cm³/mol. The van der Waals surface area contributed by atoms with Crippen molar-refractivity contribution >= 4 is 0 Å². The van der Waals surface area contributed by atoms with Gasteiger partial charge in [-0.15, -0.1) is 0 Å². The van der Waals surface area contributed by atoms with Crippen LogP contribution in [0.4, 0.5) is 4.39 Å². The fraction of sp³-hybridized carbons (Fsp3) is 0.429. The van der Waals surface area contributed by atoms with Gasteiger partial charge in [-0.1, -0.05) is 17.3 Å². The third kappa shape index (κ3) is 2.51. The SMILES string of the molecule is Cc1noc(CCNC2CCc3c(F)cccc32)n1. The molecule has 1 unspecified atom stereocenters. The van der Waals surface area contributed by atoms with E-state index in [-0.39, 0.29) is 11.9 Å². The second kappa shape index (κ2) is 5.09. The average Bonchev–Trinajstić information content (AvgIpc) is 2.98. The zero-order valence-electron chi connectivity index (χ0n) is 10.8. The molecule has 1 aromatic heterocycles. The number of hydrogen-bond donors (Lipinski definition) is 1. The van der Waals surface area contributed by atoms with Crippen molar-refractivity contribution in [3.8, 4) is 0 Å². The first-order chi connectivity index (χ1) is 9.24. The fourth-order valence-electron chi connectivity index (χ4n) is 2.62. The summed E-state index contributed by atoms with van der Waals surface area (Å²) in [5.41, 5.74) is 1.94. The Balaban J connectivity index is 1.59. The number of nitrogens with zero attached hydrogens (tertiary/aromatic N) is 2. The number of aryl methyl sites for hydroxylation is 1. The normalized spacial score (nSPS) is 17.7. The van der Waals surface area contributed by atoms with E-state index in [0.717, 1.165) is 30.5 Å². The van der Waals surface area contributed by atoms with Gasteiger partial charge in [0.15, 0.2) is 5.82 Å². The molecule has 0 saturated carbocycles. The van der Waals surface area contributed by atoms with Crippen LogP contribution in [0, 0.1) is 12.7 Å². The van der Waals surface area contributed by atoms with Gasteiger partial charge in [0.25, 0.3) is 0 Å². The molecule has 0 amide bonds. The second-order valence-corrected chi connectivity index (χ2v) is 4.84. The van der Waals surface area contributed by atoms with Gasteiger partial charge in [-0.3, -0.25) is 0 Å². The third-order valence-electron chi connectivity index (χ3n) is 3.51. The van der Waals surface area contributed by atoms with Crippen molar-refractivity contribution in [3.05, 3.63) is 46.9 Å². The molecular formula is C14H16FN3O. The number of hydrogen-bond acceptors (Lipinski definition) is 4. The Bertz CT molecular complexity index is 582. The smallest absolute Gasteiger partial charge is 0.227 e. The van der Waals surface area contributed by atoms with Gasteiger partial charge in [-0.2, -0.15) is 4.98 Å². The summed E-state index contributed by atoms with van der Waals surface area (Å²) in [6.07, 6.45) is 2.44. The molecule has 0 radical (unpaired) electrons. The first kappa shape index (κ1) is 12.3. The van der Waals surface area contributed by atoms with Crippen LogP contribution in [0.2, 0.25) is 0 Å². The maximum Gasteiger partial charge on any atom is 0.227 e. The van der Waals surface area contributed by atoms with Crippen LogP contribution in [-0.2, 0) is 12.8 Å². The maximum atomic E-state index is 13.6. The summed E-state index contributed by atoms with van der Waals surface area (Å²) in [6, 6.07) is 5.53. The van der Waals surface area contributed by atoms with E-state index in [1.54, 1.807) is 13.0 Å². The number of nitrogens with one attached hydrogen (secondary N) is 1. The Morgan fingerprint density at radius 3 is 3.16 bits per heavy atom. The first-order valence-electron chi connectivity index (χ1n) is 6.54. The standard InChI is InChI=1S/C14H16FN3O/c1-9-17-14(19-18-9)7-8-16-13-6-5-10-11(13)3-2-4-12(10)15/h2-4,13,16H,5-8H2,1H3. The van der Waals surface area contributed by atoms with Crippen molar-refractivity contribution in [2.75, 3.05) is 6.54 Å². The molecule has 5 heteroatoms. The Hall–Kier alpha value is -1.75. The monoisotopic (exact) mass is 261 g/mol. The third-order valence-corrected chi connectivity index (χ3v) is 3.51. The van der Waals surface area contributed by atoms with Crippen molar-refractivity contribution in [1.29, 1.82) is 0 Å². The van der Waals surface area contributed by atoms with E-state index < -0.39 is 0 Å². The Morgan fingerprint density at radius 1 is 1.47 bits per heavy atom. The van der Waals surface area contributed by atoms with Crippen molar-refractivity contribution in [2.24, 2.45) is 0 Å². The highest BCUT2D eigenvalue weighted by molar-refractivity contribution is 5.35. The first-order valence-corrected chi connectivity index (χ1v) is 6.54. The highest BCUT2D eigenvalue weighted by Crippen LogP contribution is 2.32. The van der Waals surface area contributed by atoms with Gasteiger partial charge in [0.05, 0.1) is 0 Å². The van der Waals surface area contributed by atoms with Crippen molar-refractivity contribution < 1.29 is 8.91 Å². The number of aromatic nitrogens is 2. The van der Waals surface area contributed by atoms with E-state index in [9.17, 15) is 4.39 Å². The molecule has 0 spiro atoms. The number of benzene rings is 1. The topological polar surface area (TPSA) is 51.0 Å². The van der Waals surface area contributed by atoms with E-state index in [2.05, 4.69) is 15.5 Å². The maximum absolute atomic E-state index is 13.6. The lowest BCUT2D eigenvalue weighted by Crippen LogP contribution is -2.22. The van der Waals surface area contributed by atoms with Crippen molar-refractivity contribution in [1.82, 2.24) is 15.5 Å². The van der Waals surface area contributed by atoms with E-state index in [1.807, 2.05) is 6.07 Å². The van der Waals surface area contributed by atoms with Crippen LogP contribution in [-0.4, -0.2) is 16.7 Å². The molecule has 0 bridgehead atoms. The van der Waals surface area contributed by atoms with Crippen LogP contribution in [0.3, 0.4) is 0 Å². The molecular weight excluding hydrogens is 245 g/mol. The van der Waals surface area contributed by atoms with Gasteiger partial charge in [0, 0.05) is 19.0 Å². The molecule has 0 fully saturated rings. The number of fused-ring (bicyclic) bond motifs is 1. The van der Waals surface area contributed by atoms with Crippen LogP contribution in [0.5, 0.6) is 0 Å². The minimum absolute atomic E-state index is 0.0886. The lowest BCUT2D eigenvalue weighted by Gasteiger charge is -2.13. The summed E-state index contributed by atoms with van der Waals surface area (Å²) in [6.45, 7) is 2.55. The summed E-state index contributed by atoms with van der Waals surface area (Å²) in [5.74, 6) is 1.21. The van der Waals surface area contributed by atoms with Gasteiger partial charge < -0.3 is 9.84 Å². The van der Waals surface area contributed by atoms with Gasteiger partial charge in [-0.25, -0.2) is 4.39 Å². The molecule has 1 aliphatic rings. The molecule has 1 aliphatic carbocycles. The molecule has 1 aromatic carbocycles. The van der Waals surface area contributed by atoms with Gasteiger partial charge in [0.1, 0.15) is 5.82 Å². The van der Waals surface area contributed by atoms with Crippen molar-refractivity contribution in [2.45, 2.75) is 32.2 Å². The van der Waals surface area contributed by atoms with Crippen LogP contribution < -0.4 is 5.32 Å². The minimum atomic E-state index is -0.0886. The van der Waals surface area contributed by atoms with E-state index in [4.69, 9.17) is 4.52 Å². The lowest BCUT2D eigenvalue weighted by atomic mass is 10.1. The van der Waals surface area contributed by atoms with Crippen LogP contribution in [0.15, 0.2) is 22.7 Å². The van der Waals surface area contributed by atoms with Gasteiger partial charge >= 0.3 is 0 Å². The molecule has 100 valence electrons. The van der Waals surface area contributed by atoms with E-state index >= 15 is 0 Å². The summed E-state index contributed by atoms with van der Waals surface area (Å²) >= 11 is 0. The summed E-state index contributed by atoms with van der Waals surface area (Å²) in [5, 5.41) is 7.18. The van der Waals surface area contributed by atoms with Crippen LogP contribution >= 0.6 is 0 Å². The zero-order valence-corrected chi connectivity index (χ0v) is 10.8. The van der Waals surface area contributed by atoms with Gasteiger partial charge in [0.2, 0.25) is 5.89 Å². The highest BCUT2D eigenvalue weighted by atomic mass is 19.1. The van der Waals surface area contributed by atoms with Crippen LogP contribution in [0.25, 0.3) is 0 Å². The van der Waals surface area contributed by atoms with E-state index in [0.29, 0.717) is 18.1 Å². The average molecular weight is 261 g/mol. The minimum Gasteiger partial charge on any atom is -0.339 e. The predicted octanol–water partition coefficient (Wildman–Crippen LogP) is 2.34. The largest absolute Gasteiger partial charge is 0.339 e. The van der Waals surface area contributed by atoms with Crippen LogP contribution in [0.1, 0.15) is 35.3 Å². The molecule has 0 saturated heterocycles. The van der Waals surface area contributed by atoms with Gasteiger partial charge in [-0.05, 0) is 37.0 Å². The molecule has 1 heterocycles. The molecule has 2 aromatic rings. The Morgan fingerprint density at radius 2 is 2.37 bits per heavy atom. The van der Waals surface area contributed by atoms with Crippen molar-refractivity contribution in [3.63, 3.8) is 0 Å². The molecule has 0 aliphatic heterocycles. The number of halogens is 1. The molecule has 4 nitrogen and oxygen atoms in total. The molecule has 19 heavy (non-hydrogen) atoms. The summed E-state index contributed by atoms with van der Waals surface area (Å²) in [7, 11) is 0. The molecule has 1 N–H and O–H groups in total. The highest BCUT2D eigenvalue weighted by Gasteiger charge is 2.24. The zero-order chi connectivity index (χ0) is 13.2. The Labute approximate surface area is 111 Å². The number of rotatable bonds is 4. The summed E-state index contributed by atoms with van der Waals surface area (Å²) in [4.78, 5) is 4.16. The fourth-order valence-corrected chi connectivity index (χ4v) is 2.62. The molecule has 1 atom stereocenters. The molecule has 3 rings (SSSR count).